The number of carbonyl (C=O) groups excluding carboxylic acids is 4. The van der Waals surface area contributed by atoms with Gasteiger partial charge in [-0.05, 0) is 63.7 Å². The highest BCUT2D eigenvalue weighted by Gasteiger charge is 2.36. The lowest BCUT2D eigenvalue weighted by Crippen LogP contribution is -2.48. The smallest absolute Gasteiger partial charge is 0.426 e. The Bertz CT molecular complexity index is 959. The summed E-state index contributed by atoms with van der Waals surface area (Å²) in [6.07, 6.45) is 7.38. The number of nitrogens with zero attached hydrogens (tertiary/aromatic N) is 3. The zero-order chi connectivity index (χ0) is 29.3. The second kappa shape index (κ2) is 18.3. The maximum absolute atomic E-state index is 12.5. The Morgan fingerprint density at radius 1 is 1.05 bits per heavy atom. The van der Waals surface area contributed by atoms with E-state index in [0.29, 0.717) is 56.6 Å². The van der Waals surface area contributed by atoms with Crippen LogP contribution in [0.15, 0.2) is 18.3 Å². The van der Waals surface area contributed by atoms with Crippen LogP contribution in [0.25, 0.3) is 0 Å². The summed E-state index contributed by atoms with van der Waals surface area (Å²) in [5, 5.41) is 27.2. The van der Waals surface area contributed by atoms with Crippen molar-refractivity contribution in [2.45, 2.75) is 77.7 Å². The van der Waals surface area contributed by atoms with Crippen LogP contribution in [0.4, 0.5) is 0 Å². The highest BCUT2D eigenvalue weighted by atomic mass is 16.4. The molecule has 12 nitrogen and oxygen atoms in total. The molecule has 40 heavy (non-hydrogen) atoms. The van der Waals surface area contributed by atoms with Crippen molar-refractivity contribution in [2.75, 3.05) is 39.3 Å². The standard InChI is InChI=1S/C27H45BN6O6/c1-3-14-33(15-4-2)20-25(36)30-12-7-5-6-10-24(35)31-18-22-17-21(11-13-29-22)27(38)32-19-26(37)34-16-8-9-23(34)28(39)40/h11,13,17,23,39-40H,3-10,12,14-16,18-20H2,1-2H3,(H,30,36)(H,31,35)(H,32,38). The van der Waals surface area contributed by atoms with Gasteiger partial charge in [-0.25, -0.2) is 0 Å². The molecular formula is C27H45BN6O6. The van der Waals surface area contributed by atoms with E-state index in [0.717, 1.165) is 38.8 Å². The third-order valence-electron chi connectivity index (χ3n) is 6.76. The van der Waals surface area contributed by atoms with Gasteiger partial charge in [0.05, 0.1) is 31.3 Å². The van der Waals surface area contributed by atoms with Crippen LogP contribution in [0, 0.1) is 0 Å². The summed E-state index contributed by atoms with van der Waals surface area (Å²) < 4.78 is 0. The van der Waals surface area contributed by atoms with Gasteiger partial charge in [0.1, 0.15) is 0 Å². The quantitative estimate of drug-likeness (QED) is 0.126. The zero-order valence-corrected chi connectivity index (χ0v) is 23.9. The Morgan fingerprint density at radius 2 is 1.80 bits per heavy atom. The van der Waals surface area contributed by atoms with E-state index in [2.05, 4.69) is 39.7 Å². The molecule has 0 saturated carbocycles. The number of pyridine rings is 1. The van der Waals surface area contributed by atoms with Crippen LogP contribution in [0.2, 0.25) is 0 Å². The van der Waals surface area contributed by atoms with Gasteiger partial charge in [0.15, 0.2) is 0 Å². The number of likely N-dealkylation sites (tertiary alicyclic amines) is 1. The molecule has 2 heterocycles. The van der Waals surface area contributed by atoms with Gasteiger partial charge in [-0.15, -0.1) is 0 Å². The molecule has 1 aliphatic rings. The molecule has 4 amide bonds. The number of hydrogen-bond donors (Lipinski definition) is 5. The molecular weight excluding hydrogens is 515 g/mol. The minimum absolute atomic E-state index is 0.0384. The first-order valence-corrected chi connectivity index (χ1v) is 14.4. The number of rotatable bonds is 18. The Balaban J connectivity index is 1.63. The first-order chi connectivity index (χ1) is 19.2. The molecule has 13 heteroatoms. The van der Waals surface area contributed by atoms with E-state index in [1.54, 1.807) is 6.07 Å². The maximum Gasteiger partial charge on any atom is 0.475 e. The van der Waals surface area contributed by atoms with Gasteiger partial charge >= 0.3 is 7.12 Å². The molecule has 2 rings (SSSR count). The topological polar surface area (TPSA) is 164 Å². The van der Waals surface area contributed by atoms with Crippen molar-refractivity contribution in [1.29, 1.82) is 0 Å². The lowest BCUT2D eigenvalue weighted by atomic mass is 9.78. The summed E-state index contributed by atoms with van der Waals surface area (Å²) >= 11 is 0. The molecule has 1 aromatic heterocycles. The Morgan fingerprint density at radius 3 is 2.50 bits per heavy atom. The zero-order valence-electron chi connectivity index (χ0n) is 23.9. The van der Waals surface area contributed by atoms with E-state index in [1.165, 1.54) is 17.2 Å². The van der Waals surface area contributed by atoms with Gasteiger partial charge in [-0.1, -0.05) is 20.3 Å². The van der Waals surface area contributed by atoms with Crippen molar-refractivity contribution in [3.05, 3.63) is 29.6 Å². The van der Waals surface area contributed by atoms with Crippen LogP contribution in [-0.2, 0) is 20.9 Å². The molecule has 222 valence electrons. The highest BCUT2D eigenvalue weighted by molar-refractivity contribution is 6.43. The SMILES string of the molecule is CCCN(CCC)CC(=O)NCCCCCC(=O)NCc1cc(C(=O)NCC(=O)N2CCCC2B(O)O)ccn1. The Hall–Kier alpha value is -3.03. The van der Waals surface area contributed by atoms with E-state index in [-0.39, 0.29) is 30.8 Å². The van der Waals surface area contributed by atoms with Gasteiger partial charge in [-0.2, -0.15) is 0 Å². The fourth-order valence-corrected chi connectivity index (χ4v) is 4.74. The van der Waals surface area contributed by atoms with Gasteiger partial charge in [0, 0.05) is 31.3 Å². The van der Waals surface area contributed by atoms with Crippen LogP contribution < -0.4 is 16.0 Å². The first kappa shape index (κ1) is 33.2. The summed E-state index contributed by atoms with van der Waals surface area (Å²) in [7, 11) is -1.61. The average Bonchev–Trinajstić information content (AvgIpc) is 3.43. The average molecular weight is 561 g/mol. The second-order valence-electron chi connectivity index (χ2n) is 10.1. The number of hydrogen-bond acceptors (Lipinski definition) is 8. The van der Waals surface area contributed by atoms with Crippen LogP contribution >= 0.6 is 0 Å². The summed E-state index contributed by atoms with van der Waals surface area (Å²) in [4.78, 5) is 57.0. The number of carbonyl (C=O) groups is 4. The van der Waals surface area contributed by atoms with Crippen molar-refractivity contribution in [2.24, 2.45) is 0 Å². The third-order valence-corrected chi connectivity index (χ3v) is 6.76. The molecule has 0 spiro atoms. The molecule has 1 fully saturated rings. The second-order valence-corrected chi connectivity index (χ2v) is 10.1. The van der Waals surface area contributed by atoms with E-state index in [9.17, 15) is 29.2 Å². The highest BCUT2D eigenvalue weighted by Crippen LogP contribution is 2.17. The number of amides is 4. The van der Waals surface area contributed by atoms with Crippen LogP contribution in [-0.4, -0.2) is 101 Å². The molecule has 0 radical (unpaired) electrons. The first-order valence-electron chi connectivity index (χ1n) is 14.4. The monoisotopic (exact) mass is 560 g/mol. The summed E-state index contributed by atoms with van der Waals surface area (Å²) in [5.41, 5.74) is 0.819. The van der Waals surface area contributed by atoms with Gasteiger partial charge in [-0.3, -0.25) is 29.1 Å². The van der Waals surface area contributed by atoms with Crippen molar-refractivity contribution in [1.82, 2.24) is 30.7 Å². The van der Waals surface area contributed by atoms with Crippen LogP contribution in [0.3, 0.4) is 0 Å². The lowest BCUT2D eigenvalue weighted by Gasteiger charge is -2.24. The number of unbranched alkanes of at least 4 members (excludes halogenated alkanes) is 2. The van der Waals surface area contributed by atoms with Crippen molar-refractivity contribution < 1.29 is 29.2 Å². The number of aromatic nitrogens is 1. The van der Waals surface area contributed by atoms with Crippen molar-refractivity contribution in [3.63, 3.8) is 0 Å². The molecule has 0 bridgehead atoms. The summed E-state index contributed by atoms with van der Waals surface area (Å²) in [6, 6.07) is 3.08. The fourth-order valence-electron chi connectivity index (χ4n) is 4.74. The third kappa shape index (κ3) is 12.0. The lowest BCUT2D eigenvalue weighted by molar-refractivity contribution is -0.130. The van der Waals surface area contributed by atoms with Gasteiger partial charge < -0.3 is 30.9 Å². The van der Waals surface area contributed by atoms with Crippen molar-refractivity contribution >= 4 is 30.7 Å². The predicted molar refractivity (Wildman–Crippen MR) is 152 cm³/mol. The Kier molecular flexibility index (Phi) is 15.2. The molecule has 5 N–H and O–H groups in total. The van der Waals surface area contributed by atoms with Crippen LogP contribution in [0.1, 0.15) is 81.3 Å². The molecule has 1 saturated heterocycles. The molecule has 0 aliphatic carbocycles. The van der Waals surface area contributed by atoms with E-state index in [4.69, 9.17) is 0 Å². The predicted octanol–water partition coefficient (Wildman–Crippen LogP) is 0.229. The van der Waals surface area contributed by atoms with E-state index < -0.39 is 19.0 Å². The molecule has 1 aromatic rings. The van der Waals surface area contributed by atoms with Gasteiger partial charge in [0.25, 0.3) is 5.91 Å². The normalized spacial score (nSPS) is 14.7. The summed E-state index contributed by atoms with van der Waals surface area (Å²) in [6.45, 7) is 7.41. The van der Waals surface area contributed by atoms with Crippen molar-refractivity contribution in [3.8, 4) is 0 Å². The largest absolute Gasteiger partial charge is 0.475 e. The van der Waals surface area contributed by atoms with Crippen LogP contribution in [0.5, 0.6) is 0 Å². The minimum Gasteiger partial charge on any atom is -0.426 e. The summed E-state index contributed by atoms with van der Waals surface area (Å²) in [5.74, 6) is -1.57. The maximum atomic E-state index is 12.5. The fraction of sp³-hybridized carbons (Fsp3) is 0.667. The molecule has 0 aromatic carbocycles. The Labute approximate surface area is 237 Å². The van der Waals surface area contributed by atoms with E-state index >= 15 is 0 Å². The minimum atomic E-state index is -1.61. The molecule has 1 unspecified atom stereocenters. The van der Waals surface area contributed by atoms with Gasteiger partial charge in [0.2, 0.25) is 17.7 Å². The molecule has 1 aliphatic heterocycles. The molecule has 1 atom stereocenters. The van der Waals surface area contributed by atoms with E-state index in [1.807, 2.05) is 0 Å². The number of nitrogens with one attached hydrogen (secondary N) is 3.